The van der Waals surface area contributed by atoms with Gasteiger partial charge in [0.15, 0.2) is 0 Å². The van der Waals surface area contributed by atoms with Crippen molar-refractivity contribution in [3.8, 4) is 11.3 Å². The summed E-state index contributed by atoms with van der Waals surface area (Å²) in [5.74, 6) is 0.0141. The molecule has 2 aromatic rings. The van der Waals surface area contributed by atoms with Gasteiger partial charge >= 0.3 is 0 Å². The summed E-state index contributed by atoms with van der Waals surface area (Å²) in [6.07, 6.45) is 0. The molecular weight excluding hydrogens is 264 g/mol. The highest BCUT2D eigenvalue weighted by Gasteiger charge is 2.11. The number of aryl methyl sites for hydroxylation is 1. The summed E-state index contributed by atoms with van der Waals surface area (Å²) in [5.41, 5.74) is 2.57. The van der Waals surface area contributed by atoms with E-state index in [0.29, 0.717) is 18.2 Å². The molecule has 4 heteroatoms. The highest BCUT2D eigenvalue weighted by molar-refractivity contribution is 5.94. The molecule has 2 rings (SSSR count). The first-order valence-electron chi connectivity index (χ1n) is 7.06. The van der Waals surface area contributed by atoms with Gasteiger partial charge in [0.05, 0.1) is 0 Å². The number of pyridine rings is 1. The smallest absolute Gasteiger partial charge is 0.261 e. The number of amides is 1. The van der Waals surface area contributed by atoms with Crippen molar-refractivity contribution in [3.63, 3.8) is 0 Å². The van der Waals surface area contributed by atoms with Crippen LogP contribution in [0.2, 0.25) is 0 Å². The maximum atomic E-state index is 12.1. The molecule has 0 aliphatic carbocycles. The first-order chi connectivity index (χ1) is 9.97. The monoisotopic (exact) mass is 284 g/mol. The second kappa shape index (κ2) is 6.39. The van der Waals surface area contributed by atoms with Gasteiger partial charge in [-0.1, -0.05) is 43.7 Å². The third kappa shape index (κ3) is 3.81. The molecule has 2 N–H and O–H groups in total. The van der Waals surface area contributed by atoms with Crippen molar-refractivity contribution in [1.29, 1.82) is 0 Å². The summed E-state index contributed by atoms with van der Waals surface area (Å²) in [7, 11) is 0. The fourth-order valence-electron chi connectivity index (χ4n) is 1.95. The van der Waals surface area contributed by atoms with Crippen LogP contribution in [0.1, 0.15) is 29.8 Å². The van der Waals surface area contributed by atoms with Gasteiger partial charge in [-0.15, -0.1) is 0 Å². The number of hydrogen-bond donors (Lipinski definition) is 2. The number of carbonyl (C=O) groups excluding carboxylic acids is 1. The van der Waals surface area contributed by atoms with Crippen molar-refractivity contribution in [2.75, 3.05) is 6.54 Å². The van der Waals surface area contributed by atoms with Crippen LogP contribution in [-0.2, 0) is 0 Å². The Kier molecular flexibility index (Phi) is 4.58. The number of aromatic nitrogens is 1. The lowest BCUT2D eigenvalue weighted by Crippen LogP contribution is -2.32. The minimum atomic E-state index is -0.366. The van der Waals surface area contributed by atoms with Crippen molar-refractivity contribution in [1.82, 2.24) is 10.3 Å². The molecule has 1 aromatic carbocycles. The number of carbonyl (C=O) groups is 1. The van der Waals surface area contributed by atoms with E-state index < -0.39 is 0 Å². The summed E-state index contributed by atoms with van der Waals surface area (Å²) in [4.78, 5) is 26.7. The Morgan fingerprint density at radius 3 is 2.38 bits per heavy atom. The molecule has 0 aliphatic rings. The second-order valence-electron chi connectivity index (χ2n) is 5.58. The van der Waals surface area contributed by atoms with E-state index in [1.165, 1.54) is 0 Å². The van der Waals surface area contributed by atoms with E-state index in [1.807, 2.05) is 45.0 Å². The quantitative estimate of drug-likeness (QED) is 0.906. The van der Waals surface area contributed by atoms with Gasteiger partial charge in [-0.3, -0.25) is 9.59 Å². The molecule has 4 nitrogen and oxygen atoms in total. The van der Waals surface area contributed by atoms with Gasteiger partial charge < -0.3 is 10.3 Å². The summed E-state index contributed by atoms with van der Waals surface area (Å²) < 4.78 is 0. The van der Waals surface area contributed by atoms with E-state index in [4.69, 9.17) is 0 Å². The number of rotatable bonds is 4. The number of benzene rings is 1. The van der Waals surface area contributed by atoms with E-state index >= 15 is 0 Å². The molecule has 0 saturated carbocycles. The molecule has 0 atom stereocenters. The Bertz CT molecular complexity index is 685. The molecule has 110 valence electrons. The molecule has 0 fully saturated rings. The predicted molar refractivity (Wildman–Crippen MR) is 84.4 cm³/mol. The van der Waals surface area contributed by atoms with Crippen molar-refractivity contribution in [2.24, 2.45) is 5.92 Å². The minimum absolute atomic E-state index is 0.145. The molecule has 0 unspecified atom stereocenters. The zero-order chi connectivity index (χ0) is 15.4. The number of nitrogens with one attached hydrogen (secondary N) is 2. The highest BCUT2D eigenvalue weighted by atomic mass is 16.2. The summed E-state index contributed by atoms with van der Waals surface area (Å²) >= 11 is 0. The Balaban J connectivity index is 2.23. The average Bonchev–Trinajstić information content (AvgIpc) is 2.45. The molecule has 0 aliphatic heterocycles. The van der Waals surface area contributed by atoms with Crippen LogP contribution < -0.4 is 10.9 Å². The molecule has 0 bridgehead atoms. The predicted octanol–water partition coefficient (Wildman–Crippen LogP) is 2.74. The topological polar surface area (TPSA) is 62.0 Å². The maximum Gasteiger partial charge on any atom is 0.261 e. The molecule has 1 heterocycles. The van der Waals surface area contributed by atoms with Gasteiger partial charge in [-0.25, -0.2) is 0 Å². The average molecular weight is 284 g/mol. The highest BCUT2D eigenvalue weighted by Crippen LogP contribution is 2.16. The number of hydrogen-bond acceptors (Lipinski definition) is 2. The van der Waals surface area contributed by atoms with Gasteiger partial charge in [-0.2, -0.15) is 0 Å². The molecule has 0 radical (unpaired) electrons. The lowest BCUT2D eigenvalue weighted by molar-refractivity contribution is 0.0947. The molecular formula is C17H20N2O2. The number of aromatic amines is 1. The van der Waals surface area contributed by atoms with E-state index in [2.05, 4.69) is 10.3 Å². The van der Waals surface area contributed by atoms with Crippen LogP contribution in [0.5, 0.6) is 0 Å². The first-order valence-corrected chi connectivity index (χ1v) is 7.06. The lowest BCUT2D eigenvalue weighted by atomic mass is 10.1. The molecule has 0 saturated heterocycles. The second-order valence-corrected chi connectivity index (χ2v) is 5.58. The molecule has 1 aromatic heterocycles. The van der Waals surface area contributed by atoms with Crippen LogP contribution in [0.4, 0.5) is 0 Å². The van der Waals surface area contributed by atoms with Gasteiger partial charge in [0.1, 0.15) is 5.56 Å². The maximum absolute atomic E-state index is 12.1. The van der Waals surface area contributed by atoms with Crippen LogP contribution in [0.25, 0.3) is 11.3 Å². The van der Waals surface area contributed by atoms with Gasteiger partial charge in [0, 0.05) is 12.2 Å². The van der Waals surface area contributed by atoms with Crippen molar-refractivity contribution >= 4 is 5.91 Å². The Morgan fingerprint density at radius 2 is 1.81 bits per heavy atom. The third-order valence-electron chi connectivity index (χ3n) is 3.19. The van der Waals surface area contributed by atoms with Gasteiger partial charge in [0.2, 0.25) is 0 Å². The third-order valence-corrected chi connectivity index (χ3v) is 3.19. The zero-order valence-electron chi connectivity index (χ0n) is 12.6. The van der Waals surface area contributed by atoms with E-state index in [0.717, 1.165) is 11.1 Å². The molecule has 1 amide bonds. The van der Waals surface area contributed by atoms with Crippen molar-refractivity contribution in [2.45, 2.75) is 20.8 Å². The largest absolute Gasteiger partial charge is 0.352 e. The van der Waals surface area contributed by atoms with E-state index in [-0.39, 0.29) is 17.0 Å². The normalized spacial score (nSPS) is 10.7. The Labute approximate surface area is 124 Å². The SMILES string of the molecule is Cc1ccc(-c2ccc(C(=O)NCC(C)C)c(=O)[nH]2)cc1. The zero-order valence-corrected chi connectivity index (χ0v) is 12.6. The van der Waals surface area contributed by atoms with Crippen molar-refractivity contribution in [3.05, 3.63) is 57.9 Å². The summed E-state index contributed by atoms with van der Waals surface area (Å²) in [6, 6.07) is 11.2. The van der Waals surface area contributed by atoms with Crippen LogP contribution in [-0.4, -0.2) is 17.4 Å². The Hall–Kier alpha value is -2.36. The van der Waals surface area contributed by atoms with Crippen LogP contribution in [0.15, 0.2) is 41.2 Å². The molecule has 0 spiro atoms. The van der Waals surface area contributed by atoms with Crippen LogP contribution >= 0.6 is 0 Å². The fourth-order valence-corrected chi connectivity index (χ4v) is 1.95. The fraction of sp³-hybridized carbons (Fsp3) is 0.294. The summed E-state index contributed by atoms with van der Waals surface area (Å²) in [5, 5.41) is 2.75. The molecule has 21 heavy (non-hydrogen) atoms. The minimum Gasteiger partial charge on any atom is -0.352 e. The van der Waals surface area contributed by atoms with Crippen molar-refractivity contribution < 1.29 is 4.79 Å². The van der Waals surface area contributed by atoms with Gasteiger partial charge in [0.25, 0.3) is 11.5 Å². The Morgan fingerprint density at radius 1 is 1.14 bits per heavy atom. The standard InChI is InChI=1S/C17H20N2O2/c1-11(2)10-18-16(20)14-8-9-15(19-17(14)21)13-6-4-12(3)5-7-13/h4-9,11H,10H2,1-3H3,(H,18,20)(H,19,21). The van der Waals surface area contributed by atoms with Gasteiger partial charge in [-0.05, 0) is 30.5 Å². The number of H-pyrrole nitrogens is 1. The van der Waals surface area contributed by atoms with Crippen LogP contribution in [0.3, 0.4) is 0 Å². The summed E-state index contributed by atoms with van der Waals surface area (Å²) in [6.45, 7) is 6.57. The van der Waals surface area contributed by atoms with E-state index in [1.54, 1.807) is 12.1 Å². The van der Waals surface area contributed by atoms with E-state index in [9.17, 15) is 9.59 Å². The van der Waals surface area contributed by atoms with Crippen LogP contribution in [0, 0.1) is 12.8 Å². The first kappa shape index (κ1) is 15.0. The lowest BCUT2D eigenvalue weighted by Gasteiger charge is -2.08.